The van der Waals surface area contributed by atoms with Crippen molar-refractivity contribution in [3.05, 3.63) is 58.9 Å². The summed E-state index contributed by atoms with van der Waals surface area (Å²) in [7, 11) is -4.33. The van der Waals surface area contributed by atoms with Crippen LogP contribution in [0.25, 0.3) is 0 Å². The fourth-order valence-electron chi connectivity index (χ4n) is 3.25. The number of amides is 1. The fourth-order valence-corrected chi connectivity index (χ4v) is 4.66. The molecule has 2 rings (SSSR count). The molecule has 1 amide bonds. The number of hydrogen-bond acceptors (Lipinski definition) is 5. The molecule has 0 saturated heterocycles. The molecule has 0 aliphatic rings. The molecule has 0 bridgehead atoms. The maximum Gasteiger partial charge on any atom is 0.325 e. The number of benzene rings is 2. The van der Waals surface area contributed by atoms with E-state index in [9.17, 15) is 22.4 Å². The monoisotopic (exact) mass is 464 g/mol. The van der Waals surface area contributed by atoms with Crippen LogP contribution in [0, 0.1) is 32.5 Å². The second-order valence-electron chi connectivity index (χ2n) is 8.12. The maximum absolute atomic E-state index is 14.0. The highest BCUT2D eigenvalue weighted by atomic mass is 32.2. The number of aryl methyl sites for hydroxylation is 3. The number of esters is 1. The van der Waals surface area contributed by atoms with E-state index in [-0.39, 0.29) is 0 Å². The Bertz CT molecular complexity index is 1090. The van der Waals surface area contributed by atoms with Gasteiger partial charge in [-0.05, 0) is 56.9 Å². The van der Waals surface area contributed by atoms with Crippen LogP contribution in [-0.4, -0.2) is 32.4 Å². The van der Waals surface area contributed by atoms with E-state index in [1.54, 1.807) is 13.8 Å². The van der Waals surface area contributed by atoms with Crippen LogP contribution in [0.15, 0.2) is 41.3 Å². The summed E-state index contributed by atoms with van der Waals surface area (Å²) < 4.78 is 46.6. The van der Waals surface area contributed by atoms with E-state index in [1.807, 2.05) is 32.9 Å². The normalized spacial score (nSPS) is 13.5. The number of carbonyl (C=O) groups excluding carboxylic acids is 2. The summed E-state index contributed by atoms with van der Waals surface area (Å²) in [6, 6.07) is 7.39. The fraction of sp³-hybridized carbons (Fsp3) is 0.391. The summed E-state index contributed by atoms with van der Waals surface area (Å²) in [5, 5.41) is 2.76. The Morgan fingerprint density at radius 2 is 1.56 bits per heavy atom. The molecule has 9 heteroatoms. The number of sulfonamides is 1. The highest BCUT2D eigenvalue weighted by Gasteiger charge is 2.33. The van der Waals surface area contributed by atoms with Gasteiger partial charge in [-0.15, -0.1) is 0 Å². The van der Waals surface area contributed by atoms with Gasteiger partial charge in [0.2, 0.25) is 10.0 Å². The lowest BCUT2D eigenvalue weighted by Crippen LogP contribution is -2.47. The molecule has 0 spiro atoms. The Kier molecular flexibility index (Phi) is 8.14. The number of hydrogen-bond donors (Lipinski definition) is 2. The molecule has 2 unspecified atom stereocenters. The van der Waals surface area contributed by atoms with Crippen LogP contribution in [0.2, 0.25) is 0 Å². The quantitative estimate of drug-likeness (QED) is 0.581. The van der Waals surface area contributed by atoms with Crippen LogP contribution in [-0.2, 0) is 24.3 Å². The van der Waals surface area contributed by atoms with E-state index in [0.29, 0.717) is 5.69 Å². The second-order valence-corrected chi connectivity index (χ2v) is 9.80. The van der Waals surface area contributed by atoms with Crippen molar-refractivity contribution in [1.29, 1.82) is 0 Å². The highest BCUT2D eigenvalue weighted by molar-refractivity contribution is 7.89. The van der Waals surface area contributed by atoms with Gasteiger partial charge in [0, 0.05) is 5.69 Å². The number of nitrogens with one attached hydrogen (secondary N) is 2. The van der Waals surface area contributed by atoms with Crippen molar-refractivity contribution in [2.24, 2.45) is 5.92 Å². The van der Waals surface area contributed by atoms with Gasteiger partial charge in [0.15, 0.2) is 6.10 Å². The Morgan fingerprint density at radius 1 is 1.00 bits per heavy atom. The average Bonchev–Trinajstić information content (AvgIpc) is 2.68. The first-order chi connectivity index (χ1) is 14.8. The molecule has 0 aromatic heterocycles. The van der Waals surface area contributed by atoms with Gasteiger partial charge in [-0.1, -0.05) is 43.7 Å². The SMILES string of the molecule is Cc1cc(C)c(NC(=O)C(C)OC(=O)C(NS(=O)(=O)c2ccccc2F)C(C)C)c(C)c1. The van der Waals surface area contributed by atoms with Crippen molar-refractivity contribution < 1.29 is 27.1 Å². The largest absolute Gasteiger partial charge is 0.451 e. The first kappa shape index (κ1) is 25.5. The van der Waals surface area contributed by atoms with Crippen LogP contribution in [0.3, 0.4) is 0 Å². The summed E-state index contributed by atoms with van der Waals surface area (Å²) in [6.45, 7) is 10.3. The third-order valence-electron chi connectivity index (χ3n) is 4.92. The van der Waals surface area contributed by atoms with Crippen molar-refractivity contribution in [1.82, 2.24) is 4.72 Å². The van der Waals surface area contributed by atoms with Crippen LogP contribution in [0.4, 0.5) is 10.1 Å². The molecule has 0 heterocycles. The van der Waals surface area contributed by atoms with Crippen LogP contribution >= 0.6 is 0 Å². The van der Waals surface area contributed by atoms with Gasteiger partial charge in [0.25, 0.3) is 5.91 Å². The zero-order chi connectivity index (χ0) is 24.2. The van der Waals surface area contributed by atoms with Gasteiger partial charge < -0.3 is 10.1 Å². The maximum atomic E-state index is 14.0. The van der Waals surface area contributed by atoms with Crippen LogP contribution < -0.4 is 10.0 Å². The molecule has 0 aliphatic carbocycles. The van der Waals surface area contributed by atoms with Crippen molar-refractivity contribution in [2.45, 2.75) is 58.6 Å². The Balaban J connectivity index is 2.14. The van der Waals surface area contributed by atoms with Gasteiger partial charge in [0.05, 0.1) is 0 Å². The lowest BCUT2D eigenvalue weighted by Gasteiger charge is -2.23. The molecule has 0 aliphatic heterocycles. The minimum Gasteiger partial charge on any atom is -0.451 e. The summed E-state index contributed by atoms with van der Waals surface area (Å²) in [5.74, 6) is -2.93. The van der Waals surface area contributed by atoms with Gasteiger partial charge in [0.1, 0.15) is 16.8 Å². The minimum absolute atomic E-state index is 0.513. The van der Waals surface area contributed by atoms with Gasteiger partial charge in [-0.3, -0.25) is 9.59 Å². The standard InChI is InChI=1S/C23H29FN2O5S/c1-13(2)20(26-32(29,30)19-10-8-7-9-18(19)24)23(28)31-17(6)22(27)25-21-15(4)11-14(3)12-16(21)5/h7-13,17,20,26H,1-6H3,(H,25,27). The number of ether oxygens (including phenoxy) is 1. The van der Waals surface area contributed by atoms with Crippen molar-refractivity contribution in [2.75, 3.05) is 5.32 Å². The first-order valence-corrected chi connectivity index (χ1v) is 11.7. The first-order valence-electron chi connectivity index (χ1n) is 10.2. The van der Waals surface area contributed by atoms with E-state index in [4.69, 9.17) is 4.74 Å². The Morgan fingerprint density at radius 3 is 2.09 bits per heavy atom. The van der Waals surface area contributed by atoms with Crippen molar-refractivity contribution >= 4 is 27.6 Å². The molecule has 2 aromatic carbocycles. The van der Waals surface area contributed by atoms with E-state index >= 15 is 0 Å². The van der Waals surface area contributed by atoms with Crippen LogP contribution in [0.1, 0.15) is 37.5 Å². The minimum atomic E-state index is -4.33. The topological polar surface area (TPSA) is 102 Å². The zero-order valence-corrected chi connectivity index (χ0v) is 19.8. The number of carbonyl (C=O) groups is 2. The number of rotatable bonds is 8. The molecule has 2 aromatic rings. The molecule has 0 saturated carbocycles. The Labute approximate surface area is 188 Å². The molecule has 0 radical (unpaired) electrons. The molecule has 0 fully saturated rings. The average molecular weight is 465 g/mol. The highest BCUT2D eigenvalue weighted by Crippen LogP contribution is 2.22. The van der Waals surface area contributed by atoms with Gasteiger partial charge >= 0.3 is 5.97 Å². The zero-order valence-electron chi connectivity index (χ0n) is 19.0. The van der Waals surface area contributed by atoms with E-state index < -0.39 is 50.7 Å². The third kappa shape index (κ3) is 6.14. The van der Waals surface area contributed by atoms with Crippen molar-refractivity contribution in [3.8, 4) is 0 Å². The third-order valence-corrected chi connectivity index (χ3v) is 6.39. The molecule has 2 N–H and O–H groups in total. The van der Waals surface area contributed by atoms with E-state index in [1.165, 1.54) is 19.1 Å². The molecular formula is C23H29FN2O5S. The molecule has 174 valence electrons. The Hall–Kier alpha value is -2.78. The lowest BCUT2D eigenvalue weighted by atomic mass is 10.0. The van der Waals surface area contributed by atoms with E-state index in [0.717, 1.165) is 28.8 Å². The summed E-state index contributed by atoms with van der Waals surface area (Å²) >= 11 is 0. The van der Waals surface area contributed by atoms with Crippen LogP contribution in [0.5, 0.6) is 0 Å². The number of anilines is 1. The lowest BCUT2D eigenvalue weighted by molar-refractivity contribution is -0.155. The second kappa shape index (κ2) is 10.2. The summed E-state index contributed by atoms with van der Waals surface area (Å²) in [6.07, 6.45) is -1.18. The van der Waals surface area contributed by atoms with Gasteiger partial charge in [-0.25, -0.2) is 12.8 Å². The molecule has 2 atom stereocenters. The van der Waals surface area contributed by atoms with Gasteiger partial charge in [-0.2, -0.15) is 4.72 Å². The predicted octanol–water partition coefficient (Wildman–Crippen LogP) is 3.62. The van der Waals surface area contributed by atoms with Crippen molar-refractivity contribution in [3.63, 3.8) is 0 Å². The molecule has 7 nitrogen and oxygen atoms in total. The number of halogens is 1. The molecule has 32 heavy (non-hydrogen) atoms. The summed E-state index contributed by atoms with van der Waals surface area (Å²) in [4.78, 5) is 24.7. The predicted molar refractivity (Wildman–Crippen MR) is 120 cm³/mol. The van der Waals surface area contributed by atoms with E-state index in [2.05, 4.69) is 10.0 Å². The summed E-state index contributed by atoms with van der Waals surface area (Å²) in [5.41, 5.74) is 3.42. The molecular weight excluding hydrogens is 435 g/mol. The smallest absolute Gasteiger partial charge is 0.325 e.